The van der Waals surface area contributed by atoms with Crippen LogP contribution in [0.2, 0.25) is 0 Å². The lowest BCUT2D eigenvalue weighted by molar-refractivity contribution is -0.102. The molecule has 0 amide bonds. The maximum absolute atomic E-state index is 11.1. The molecule has 6 heteroatoms. The van der Waals surface area contributed by atoms with Crippen molar-refractivity contribution in [2.24, 2.45) is 5.10 Å². The summed E-state index contributed by atoms with van der Waals surface area (Å²) in [5.41, 5.74) is 2.76. The quantitative estimate of drug-likeness (QED) is 0.418. The van der Waals surface area contributed by atoms with Gasteiger partial charge >= 0.3 is 0 Å². The topological polar surface area (TPSA) is 69.4 Å². The molecule has 1 heterocycles. The Morgan fingerprint density at radius 2 is 1.76 bits per heavy atom. The van der Waals surface area contributed by atoms with Crippen LogP contribution in [0.25, 0.3) is 11.3 Å². The van der Waals surface area contributed by atoms with Gasteiger partial charge in [-0.1, -0.05) is 60.7 Å². The molecule has 0 radical (unpaired) electrons. The number of carbonyl (C=O) groups excluding carboxylic acids is 1. The van der Waals surface area contributed by atoms with E-state index in [4.69, 9.17) is 5.41 Å². The van der Waals surface area contributed by atoms with Gasteiger partial charge in [0.2, 0.25) is 5.13 Å². The lowest BCUT2D eigenvalue weighted by Gasteiger charge is -2.12. The summed E-state index contributed by atoms with van der Waals surface area (Å²) in [6.07, 6.45) is 0.497. The van der Waals surface area contributed by atoms with Crippen molar-refractivity contribution in [3.05, 3.63) is 71.6 Å². The SMILES string of the molecule is CN(/N=C(\C(=N)C=O)c1ccccc1)c1nc(-c2ccccc2)cs1. The summed E-state index contributed by atoms with van der Waals surface area (Å²) in [5, 5.41) is 16.6. The monoisotopic (exact) mass is 348 g/mol. The molecular formula is C19H16N4OS. The molecule has 0 aliphatic carbocycles. The zero-order valence-corrected chi connectivity index (χ0v) is 14.4. The molecule has 0 aliphatic rings. The van der Waals surface area contributed by atoms with Gasteiger partial charge in [0.05, 0.1) is 5.69 Å². The van der Waals surface area contributed by atoms with Gasteiger partial charge in [-0.15, -0.1) is 11.3 Å². The van der Waals surface area contributed by atoms with Crippen molar-refractivity contribution in [3.8, 4) is 11.3 Å². The average molecular weight is 348 g/mol. The van der Waals surface area contributed by atoms with E-state index in [-0.39, 0.29) is 5.71 Å². The van der Waals surface area contributed by atoms with Crippen LogP contribution in [0.15, 0.2) is 71.1 Å². The minimum absolute atomic E-state index is 0.169. The van der Waals surface area contributed by atoms with Crippen molar-refractivity contribution in [3.63, 3.8) is 0 Å². The highest BCUT2D eigenvalue weighted by atomic mass is 32.1. The largest absolute Gasteiger partial charge is 0.296 e. The van der Waals surface area contributed by atoms with Crippen LogP contribution >= 0.6 is 11.3 Å². The molecule has 25 heavy (non-hydrogen) atoms. The molecular weight excluding hydrogens is 332 g/mol. The van der Waals surface area contributed by atoms with Gasteiger partial charge in [-0.25, -0.2) is 9.99 Å². The molecule has 5 nitrogen and oxygen atoms in total. The van der Waals surface area contributed by atoms with Crippen LogP contribution in [-0.4, -0.2) is 29.7 Å². The first-order valence-corrected chi connectivity index (χ1v) is 8.50. The highest BCUT2D eigenvalue weighted by Crippen LogP contribution is 2.27. The second-order valence-corrected chi connectivity index (χ2v) is 6.09. The van der Waals surface area contributed by atoms with E-state index in [9.17, 15) is 4.79 Å². The highest BCUT2D eigenvalue weighted by Gasteiger charge is 2.13. The summed E-state index contributed by atoms with van der Waals surface area (Å²) in [4.78, 5) is 15.7. The van der Waals surface area contributed by atoms with Gasteiger partial charge in [0.15, 0.2) is 6.29 Å². The predicted octanol–water partition coefficient (Wildman–Crippen LogP) is 3.87. The summed E-state index contributed by atoms with van der Waals surface area (Å²) < 4.78 is 0. The van der Waals surface area contributed by atoms with Gasteiger partial charge < -0.3 is 0 Å². The Morgan fingerprint density at radius 3 is 2.40 bits per heavy atom. The number of hydrogen-bond donors (Lipinski definition) is 1. The van der Waals surface area contributed by atoms with Crippen molar-refractivity contribution < 1.29 is 4.79 Å². The molecule has 1 N–H and O–H groups in total. The Bertz CT molecular complexity index is 903. The van der Waals surface area contributed by atoms with E-state index < -0.39 is 0 Å². The number of aromatic nitrogens is 1. The van der Waals surface area contributed by atoms with E-state index in [1.54, 1.807) is 12.1 Å². The molecule has 0 unspecified atom stereocenters. The standard InChI is InChI=1S/C19H16N4OS/c1-23(19-21-17(13-25-19)14-8-4-2-5-9-14)22-18(16(20)12-24)15-10-6-3-7-11-15/h2-13,20H,1H3/b20-16?,22-18-. The molecule has 0 saturated carbocycles. The molecule has 1 aromatic heterocycles. The Labute approximate surface area is 149 Å². The molecule has 0 atom stereocenters. The van der Waals surface area contributed by atoms with E-state index in [1.807, 2.05) is 66.0 Å². The summed E-state index contributed by atoms with van der Waals surface area (Å²) >= 11 is 1.46. The van der Waals surface area contributed by atoms with Crippen LogP contribution in [0.5, 0.6) is 0 Å². The fourth-order valence-corrected chi connectivity index (χ4v) is 3.02. The van der Waals surface area contributed by atoms with Crippen LogP contribution in [0.3, 0.4) is 0 Å². The first-order chi connectivity index (χ1) is 12.2. The van der Waals surface area contributed by atoms with E-state index in [0.29, 0.717) is 22.7 Å². The summed E-state index contributed by atoms with van der Waals surface area (Å²) in [6, 6.07) is 19.1. The number of nitrogens with one attached hydrogen (secondary N) is 1. The summed E-state index contributed by atoms with van der Waals surface area (Å²) in [7, 11) is 1.76. The van der Waals surface area contributed by atoms with E-state index in [1.165, 1.54) is 11.3 Å². The molecule has 3 rings (SSSR count). The lowest BCUT2D eigenvalue weighted by atomic mass is 10.1. The number of rotatable bonds is 6. The summed E-state index contributed by atoms with van der Waals surface area (Å²) in [5.74, 6) is 0. The maximum Gasteiger partial charge on any atom is 0.206 e. The van der Waals surface area contributed by atoms with Gasteiger partial charge in [0.25, 0.3) is 0 Å². The van der Waals surface area contributed by atoms with Gasteiger partial charge in [0.1, 0.15) is 11.4 Å². The van der Waals surface area contributed by atoms with E-state index in [0.717, 1.165) is 11.3 Å². The number of carbonyl (C=O) groups is 1. The van der Waals surface area contributed by atoms with Crippen LogP contribution in [0.4, 0.5) is 5.13 Å². The fourth-order valence-electron chi connectivity index (χ4n) is 2.27. The normalized spacial score (nSPS) is 11.2. The zero-order chi connectivity index (χ0) is 17.6. The second kappa shape index (κ2) is 7.63. The van der Waals surface area contributed by atoms with Gasteiger partial charge in [-0.05, 0) is 0 Å². The summed E-state index contributed by atoms with van der Waals surface area (Å²) in [6.45, 7) is 0. The molecule has 0 fully saturated rings. The molecule has 3 aromatic rings. The molecule has 0 aliphatic heterocycles. The van der Waals surface area contributed by atoms with Crippen molar-refractivity contribution in [2.75, 3.05) is 12.1 Å². The number of anilines is 1. The molecule has 0 spiro atoms. The molecule has 2 aromatic carbocycles. The van der Waals surface area contributed by atoms with Crippen LogP contribution < -0.4 is 5.01 Å². The highest BCUT2D eigenvalue weighted by molar-refractivity contribution is 7.14. The Morgan fingerprint density at radius 1 is 1.12 bits per heavy atom. The van der Waals surface area contributed by atoms with Gasteiger partial charge in [-0.2, -0.15) is 5.10 Å². The minimum Gasteiger partial charge on any atom is -0.296 e. The molecule has 0 saturated heterocycles. The smallest absolute Gasteiger partial charge is 0.206 e. The predicted molar refractivity (Wildman–Crippen MR) is 103 cm³/mol. The number of thiazole rings is 1. The zero-order valence-electron chi connectivity index (χ0n) is 13.6. The average Bonchev–Trinajstić information content (AvgIpc) is 3.17. The minimum atomic E-state index is -0.169. The van der Waals surface area contributed by atoms with Crippen LogP contribution in [0, 0.1) is 5.41 Å². The van der Waals surface area contributed by atoms with E-state index >= 15 is 0 Å². The third kappa shape index (κ3) is 3.87. The number of nitrogens with zero attached hydrogens (tertiary/aromatic N) is 3. The van der Waals surface area contributed by atoms with Crippen LogP contribution in [0.1, 0.15) is 5.56 Å². The van der Waals surface area contributed by atoms with Gasteiger partial charge in [0, 0.05) is 23.6 Å². The first-order valence-electron chi connectivity index (χ1n) is 7.62. The number of aldehydes is 1. The first kappa shape index (κ1) is 16.7. The van der Waals surface area contributed by atoms with Crippen molar-refractivity contribution in [1.29, 1.82) is 5.41 Å². The van der Waals surface area contributed by atoms with Crippen molar-refractivity contribution in [1.82, 2.24) is 4.98 Å². The Balaban J connectivity index is 1.92. The second-order valence-electron chi connectivity index (χ2n) is 5.25. The van der Waals surface area contributed by atoms with Crippen molar-refractivity contribution in [2.45, 2.75) is 0 Å². The van der Waals surface area contributed by atoms with E-state index in [2.05, 4.69) is 10.1 Å². The Kier molecular flexibility index (Phi) is 5.11. The van der Waals surface area contributed by atoms with Crippen molar-refractivity contribution >= 4 is 34.2 Å². The number of hydrazone groups is 1. The maximum atomic E-state index is 11.1. The Hall–Kier alpha value is -3.12. The van der Waals surface area contributed by atoms with Crippen LogP contribution in [-0.2, 0) is 4.79 Å². The third-order valence-electron chi connectivity index (χ3n) is 3.51. The number of benzene rings is 2. The van der Waals surface area contributed by atoms with Gasteiger partial charge in [-0.3, -0.25) is 10.2 Å². The number of hydrogen-bond acceptors (Lipinski definition) is 6. The lowest BCUT2D eigenvalue weighted by Crippen LogP contribution is -2.21. The fraction of sp³-hybridized carbons (Fsp3) is 0.0526. The molecule has 0 bridgehead atoms. The molecule has 124 valence electrons. The third-order valence-corrected chi connectivity index (χ3v) is 4.42.